The number of rotatable bonds is 5. The molecule has 0 N–H and O–H groups in total. The third kappa shape index (κ3) is 4.43. The Morgan fingerprint density at radius 2 is 1.17 bits per heavy atom. The van der Waals surface area contributed by atoms with E-state index in [4.69, 9.17) is 0 Å². The summed E-state index contributed by atoms with van der Waals surface area (Å²) in [7, 11) is 0. The second-order valence-corrected chi connectivity index (χ2v) is 6.08. The quantitative estimate of drug-likeness (QED) is 0.379. The van der Waals surface area contributed by atoms with Gasteiger partial charge in [-0.1, -0.05) is 66.7 Å². The van der Waals surface area contributed by atoms with Crippen LogP contribution >= 0.6 is 15.9 Å². The normalized spacial score (nSPS) is 11.6. The Kier molecular flexibility index (Phi) is 5.59. The van der Waals surface area contributed by atoms with Crippen molar-refractivity contribution in [2.24, 2.45) is 5.10 Å². The van der Waals surface area contributed by atoms with Gasteiger partial charge >= 0.3 is 0 Å². The summed E-state index contributed by atoms with van der Waals surface area (Å²) in [5.41, 5.74) is 3.15. The number of hydrazone groups is 1. The monoisotopic (exact) mass is 376 g/mol. The van der Waals surface area contributed by atoms with E-state index in [1.165, 1.54) is 0 Å². The van der Waals surface area contributed by atoms with Crippen LogP contribution in [-0.4, -0.2) is 6.21 Å². The van der Waals surface area contributed by atoms with Gasteiger partial charge in [0.2, 0.25) is 0 Å². The van der Waals surface area contributed by atoms with Crippen molar-refractivity contribution in [3.8, 4) is 0 Å². The Balaban J connectivity index is 1.88. The number of hydrogen-bond donors (Lipinski definition) is 0. The third-order valence-electron chi connectivity index (χ3n) is 3.40. The molecule has 0 amide bonds. The molecule has 0 aliphatic heterocycles. The molecular formula is C21H17BrN2. The maximum atomic E-state index is 4.65. The lowest BCUT2D eigenvalue weighted by atomic mass is 10.2. The number of halogens is 1. The third-order valence-corrected chi connectivity index (χ3v) is 3.84. The van der Waals surface area contributed by atoms with Crippen LogP contribution in [0.3, 0.4) is 0 Å². The van der Waals surface area contributed by atoms with Crippen molar-refractivity contribution in [2.45, 2.75) is 0 Å². The topological polar surface area (TPSA) is 15.6 Å². The number of nitrogens with zero attached hydrogens (tertiary/aromatic N) is 2. The summed E-state index contributed by atoms with van der Waals surface area (Å²) in [4.78, 5) is 0. The molecule has 0 heterocycles. The number of hydrogen-bond acceptors (Lipinski definition) is 2. The Morgan fingerprint density at radius 1 is 0.708 bits per heavy atom. The van der Waals surface area contributed by atoms with Crippen molar-refractivity contribution in [1.82, 2.24) is 0 Å². The molecule has 0 aliphatic carbocycles. The average Bonchev–Trinajstić information content (AvgIpc) is 2.64. The van der Waals surface area contributed by atoms with Gasteiger partial charge in [-0.3, -0.25) is 0 Å². The van der Waals surface area contributed by atoms with Gasteiger partial charge in [0.15, 0.2) is 0 Å². The highest BCUT2D eigenvalue weighted by Gasteiger charge is 2.06. The molecule has 2 nitrogen and oxygen atoms in total. The molecule has 0 fully saturated rings. The van der Waals surface area contributed by atoms with Crippen molar-refractivity contribution in [3.63, 3.8) is 0 Å². The predicted octanol–water partition coefficient (Wildman–Crippen LogP) is 6.25. The fourth-order valence-electron chi connectivity index (χ4n) is 2.28. The first-order valence-corrected chi connectivity index (χ1v) is 8.49. The molecule has 3 rings (SSSR count). The molecule has 3 aromatic rings. The molecule has 0 radical (unpaired) electrons. The van der Waals surface area contributed by atoms with Gasteiger partial charge in [-0.2, -0.15) is 5.10 Å². The molecule has 0 spiro atoms. The van der Waals surface area contributed by atoms with E-state index in [-0.39, 0.29) is 0 Å². The van der Waals surface area contributed by atoms with Crippen LogP contribution in [0.5, 0.6) is 0 Å². The summed E-state index contributed by atoms with van der Waals surface area (Å²) in [6.45, 7) is 0. The van der Waals surface area contributed by atoms with Crippen molar-refractivity contribution >= 4 is 39.6 Å². The minimum atomic E-state index is 0.908. The molecule has 3 heteroatoms. The van der Waals surface area contributed by atoms with Gasteiger partial charge in [0.05, 0.1) is 17.6 Å². The average molecular weight is 377 g/mol. The molecule has 0 unspecified atom stereocenters. The fourth-order valence-corrected chi connectivity index (χ4v) is 2.64. The van der Waals surface area contributed by atoms with Crippen molar-refractivity contribution in [1.29, 1.82) is 0 Å². The van der Waals surface area contributed by atoms with Gasteiger partial charge < -0.3 is 0 Å². The van der Waals surface area contributed by atoms with Crippen LogP contribution in [0.25, 0.3) is 6.08 Å². The standard InChI is InChI=1S/C21H17BrN2/c22-19(16-18-10-4-1-5-11-18)17-23-24(20-12-6-2-7-13-20)21-14-8-3-9-15-21/h1-17H/b19-16+,23-17+. The van der Waals surface area contributed by atoms with Gasteiger partial charge in [0, 0.05) is 4.48 Å². The molecular weight excluding hydrogens is 360 g/mol. The minimum absolute atomic E-state index is 0.908. The maximum absolute atomic E-state index is 4.65. The van der Waals surface area contributed by atoms with Crippen LogP contribution in [0.15, 0.2) is 101 Å². The van der Waals surface area contributed by atoms with E-state index in [2.05, 4.69) is 33.2 Å². The molecule has 24 heavy (non-hydrogen) atoms. The molecule has 118 valence electrons. The van der Waals surface area contributed by atoms with Gasteiger partial charge in [-0.05, 0) is 51.8 Å². The van der Waals surface area contributed by atoms with E-state index in [1.54, 1.807) is 0 Å². The lowest BCUT2D eigenvalue weighted by Crippen LogP contribution is -2.08. The zero-order chi connectivity index (χ0) is 16.6. The molecule has 0 saturated heterocycles. The van der Waals surface area contributed by atoms with Crippen LogP contribution in [-0.2, 0) is 0 Å². The molecule has 0 atom stereocenters. The Hall–Kier alpha value is -2.65. The Labute approximate surface area is 150 Å². The van der Waals surface area contributed by atoms with E-state index in [0.29, 0.717) is 0 Å². The number of benzene rings is 3. The second kappa shape index (κ2) is 8.27. The number of anilines is 2. The summed E-state index contributed by atoms with van der Waals surface area (Å²) >= 11 is 3.57. The van der Waals surface area contributed by atoms with Gasteiger partial charge in [-0.15, -0.1) is 0 Å². The molecule has 0 saturated carbocycles. The van der Waals surface area contributed by atoms with E-state index in [9.17, 15) is 0 Å². The number of allylic oxidation sites excluding steroid dienone is 1. The van der Waals surface area contributed by atoms with E-state index in [0.717, 1.165) is 21.4 Å². The highest BCUT2D eigenvalue weighted by molar-refractivity contribution is 9.12. The van der Waals surface area contributed by atoms with Crippen molar-refractivity contribution in [3.05, 3.63) is 101 Å². The van der Waals surface area contributed by atoms with Crippen LogP contribution in [0, 0.1) is 0 Å². The SMILES string of the molecule is BrC(/C=N/N(c1ccccc1)c1ccccc1)=C/c1ccccc1. The predicted molar refractivity (Wildman–Crippen MR) is 107 cm³/mol. The lowest BCUT2D eigenvalue weighted by molar-refractivity contribution is 1.09. The highest BCUT2D eigenvalue weighted by atomic mass is 79.9. The van der Waals surface area contributed by atoms with Crippen LogP contribution < -0.4 is 5.01 Å². The van der Waals surface area contributed by atoms with E-state index in [1.807, 2.05) is 96.2 Å². The lowest BCUT2D eigenvalue weighted by Gasteiger charge is -2.19. The first-order chi connectivity index (χ1) is 11.8. The molecule has 0 aliphatic rings. The second-order valence-electron chi connectivity index (χ2n) is 5.17. The smallest absolute Gasteiger partial charge is 0.0652 e. The summed E-state index contributed by atoms with van der Waals surface area (Å²) < 4.78 is 0.908. The zero-order valence-corrected chi connectivity index (χ0v) is 14.7. The van der Waals surface area contributed by atoms with Crippen LogP contribution in [0.1, 0.15) is 5.56 Å². The Morgan fingerprint density at radius 3 is 1.67 bits per heavy atom. The van der Waals surface area contributed by atoms with Crippen LogP contribution in [0.2, 0.25) is 0 Å². The Bertz CT molecular complexity index is 773. The summed E-state index contributed by atoms with van der Waals surface area (Å²) in [6.07, 6.45) is 3.85. The fraction of sp³-hybridized carbons (Fsp3) is 0. The van der Waals surface area contributed by atoms with Gasteiger partial charge in [0.25, 0.3) is 0 Å². The summed E-state index contributed by atoms with van der Waals surface area (Å²) in [6, 6.07) is 30.4. The van der Waals surface area contributed by atoms with Gasteiger partial charge in [0.1, 0.15) is 0 Å². The first-order valence-electron chi connectivity index (χ1n) is 7.69. The highest BCUT2D eigenvalue weighted by Crippen LogP contribution is 2.25. The molecule has 3 aromatic carbocycles. The van der Waals surface area contributed by atoms with Crippen molar-refractivity contribution in [2.75, 3.05) is 5.01 Å². The van der Waals surface area contributed by atoms with E-state index < -0.39 is 0 Å². The minimum Gasteiger partial charge on any atom is -0.234 e. The summed E-state index contributed by atoms with van der Waals surface area (Å²) in [5.74, 6) is 0. The number of para-hydroxylation sites is 2. The largest absolute Gasteiger partial charge is 0.234 e. The summed E-state index contributed by atoms with van der Waals surface area (Å²) in [5, 5.41) is 6.57. The van der Waals surface area contributed by atoms with Crippen LogP contribution in [0.4, 0.5) is 11.4 Å². The maximum Gasteiger partial charge on any atom is 0.0652 e. The van der Waals surface area contributed by atoms with Gasteiger partial charge in [-0.25, -0.2) is 5.01 Å². The first kappa shape index (κ1) is 16.2. The van der Waals surface area contributed by atoms with E-state index >= 15 is 0 Å². The molecule has 0 bridgehead atoms. The molecule has 0 aromatic heterocycles. The zero-order valence-electron chi connectivity index (χ0n) is 13.1. The van der Waals surface area contributed by atoms with Crippen molar-refractivity contribution < 1.29 is 0 Å².